The van der Waals surface area contributed by atoms with Crippen LogP contribution >= 0.6 is 0 Å². The minimum absolute atomic E-state index is 0.141. The van der Waals surface area contributed by atoms with E-state index in [1.807, 2.05) is 91.0 Å². The molecule has 0 bridgehead atoms. The molecule has 11 nitrogen and oxygen atoms in total. The Kier molecular flexibility index (Phi) is 14.1. The lowest BCUT2D eigenvalue weighted by atomic mass is 9.88. The standard InChI is InChI=1S/C42H56N2O9/c1-29(45)43-37-35(23-22-34(46)33-27-51-42(5,6)44(33)40(47)53-41(2,3)4)52-36(28-48-24-30-16-10-7-11-17-30)38(49-25-31-18-12-8-13-19-31)39(37)50-26-32-20-14-9-15-21-32/h7-21,33-39,46H,22-28H2,1-6H3,(H,43,45)/t33-,34?,35+,36-,37+,38-,39-/m1/s1. The lowest BCUT2D eigenvalue weighted by Gasteiger charge is -2.47. The van der Waals surface area contributed by atoms with Gasteiger partial charge in [0, 0.05) is 6.92 Å². The maximum atomic E-state index is 13.3. The van der Waals surface area contributed by atoms with Crippen LogP contribution in [0.5, 0.6) is 0 Å². The molecule has 53 heavy (non-hydrogen) atoms. The van der Waals surface area contributed by atoms with Gasteiger partial charge in [0.05, 0.1) is 57.3 Å². The number of hydrogen-bond acceptors (Lipinski definition) is 9. The Labute approximate surface area is 313 Å². The number of aliphatic hydroxyl groups is 1. The summed E-state index contributed by atoms with van der Waals surface area (Å²) in [6.45, 7) is 11.7. The average molecular weight is 733 g/mol. The first kappa shape index (κ1) is 40.3. The topological polar surface area (TPSA) is 125 Å². The minimum atomic E-state index is -0.977. The average Bonchev–Trinajstić information content (AvgIpc) is 3.45. The van der Waals surface area contributed by atoms with Crippen molar-refractivity contribution in [3.63, 3.8) is 0 Å². The molecule has 0 radical (unpaired) electrons. The summed E-state index contributed by atoms with van der Waals surface area (Å²) in [5, 5.41) is 14.8. The molecule has 3 aromatic rings. The van der Waals surface area contributed by atoms with Crippen molar-refractivity contribution in [2.45, 2.75) is 128 Å². The van der Waals surface area contributed by atoms with E-state index in [0.29, 0.717) is 19.6 Å². The van der Waals surface area contributed by atoms with Crippen LogP contribution in [-0.2, 0) is 53.0 Å². The third-order valence-corrected chi connectivity index (χ3v) is 9.43. The molecule has 2 saturated heterocycles. The predicted molar refractivity (Wildman–Crippen MR) is 200 cm³/mol. The number of benzene rings is 3. The molecule has 0 spiro atoms. The summed E-state index contributed by atoms with van der Waals surface area (Å²) in [5.74, 6) is -0.250. The predicted octanol–water partition coefficient (Wildman–Crippen LogP) is 6.16. The largest absolute Gasteiger partial charge is 0.444 e. The van der Waals surface area contributed by atoms with Gasteiger partial charge in [0.15, 0.2) is 0 Å². The molecule has 0 aromatic heterocycles. The van der Waals surface area contributed by atoms with Crippen LogP contribution in [0.3, 0.4) is 0 Å². The van der Waals surface area contributed by atoms with Crippen molar-refractivity contribution in [2.24, 2.45) is 0 Å². The fourth-order valence-electron chi connectivity index (χ4n) is 6.92. The van der Waals surface area contributed by atoms with Crippen molar-refractivity contribution in [3.8, 4) is 0 Å². The maximum absolute atomic E-state index is 13.3. The van der Waals surface area contributed by atoms with E-state index in [0.717, 1.165) is 16.7 Å². The molecule has 2 aliphatic heterocycles. The molecule has 2 amide bonds. The van der Waals surface area contributed by atoms with Gasteiger partial charge in [-0.2, -0.15) is 0 Å². The van der Waals surface area contributed by atoms with Gasteiger partial charge in [0.25, 0.3) is 0 Å². The molecule has 2 aliphatic rings. The quantitative estimate of drug-likeness (QED) is 0.189. The van der Waals surface area contributed by atoms with E-state index < -0.39 is 60.0 Å². The highest BCUT2D eigenvalue weighted by atomic mass is 16.6. The molecule has 2 fully saturated rings. The number of nitrogens with zero attached hydrogens (tertiary/aromatic N) is 1. The first-order chi connectivity index (χ1) is 25.3. The smallest absolute Gasteiger partial charge is 0.412 e. The van der Waals surface area contributed by atoms with Crippen LogP contribution in [0, 0.1) is 0 Å². The maximum Gasteiger partial charge on any atom is 0.412 e. The summed E-state index contributed by atoms with van der Waals surface area (Å²) in [6, 6.07) is 28.3. The van der Waals surface area contributed by atoms with Crippen LogP contribution in [0.25, 0.3) is 0 Å². The number of carbonyl (C=O) groups excluding carboxylic acids is 2. The van der Waals surface area contributed by atoms with E-state index in [2.05, 4.69) is 5.32 Å². The van der Waals surface area contributed by atoms with Crippen LogP contribution in [0.4, 0.5) is 4.79 Å². The summed E-state index contributed by atoms with van der Waals surface area (Å²) in [4.78, 5) is 27.6. The molecular formula is C42H56N2O9. The zero-order valence-corrected chi connectivity index (χ0v) is 31.8. The van der Waals surface area contributed by atoms with Crippen molar-refractivity contribution in [2.75, 3.05) is 13.2 Å². The second-order valence-electron chi connectivity index (χ2n) is 15.3. The van der Waals surface area contributed by atoms with Gasteiger partial charge in [-0.1, -0.05) is 91.0 Å². The van der Waals surface area contributed by atoms with Gasteiger partial charge in [0.1, 0.15) is 29.6 Å². The number of ether oxygens (including phenoxy) is 6. The second kappa shape index (κ2) is 18.5. The Morgan fingerprint density at radius 3 is 1.91 bits per heavy atom. The summed E-state index contributed by atoms with van der Waals surface area (Å²) in [7, 11) is 0. The van der Waals surface area contributed by atoms with E-state index in [9.17, 15) is 14.7 Å². The Morgan fingerprint density at radius 1 is 0.849 bits per heavy atom. The molecule has 3 aromatic carbocycles. The Bertz CT molecular complexity index is 1570. The molecule has 0 aliphatic carbocycles. The molecule has 2 N–H and O–H groups in total. The highest BCUT2D eigenvalue weighted by molar-refractivity contribution is 5.73. The normalized spacial score (nSPS) is 24.8. The van der Waals surface area contributed by atoms with Crippen molar-refractivity contribution in [1.29, 1.82) is 0 Å². The van der Waals surface area contributed by atoms with Crippen LogP contribution < -0.4 is 5.32 Å². The van der Waals surface area contributed by atoms with Gasteiger partial charge >= 0.3 is 6.09 Å². The van der Waals surface area contributed by atoms with Crippen LogP contribution in [0.15, 0.2) is 91.0 Å². The molecule has 11 heteroatoms. The second-order valence-corrected chi connectivity index (χ2v) is 15.3. The monoisotopic (exact) mass is 732 g/mol. The molecule has 0 saturated carbocycles. The first-order valence-electron chi connectivity index (χ1n) is 18.5. The minimum Gasteiger partial charge on any atom is -0.444 e. The van der Waals surface area contributed by atoms with Crippen molar-refractivity contribution < 1.29 is 43.1 Å². The third-order valence-electron chi connectivity index (χ3n) is 9.43. The highest BCUT2D eigenvalue weighted by Crippen LogP contribution is 2.34. The fraction of sp³-hybridized carbons (Fsp3) is 0.524. The molecule has 1 unspecified atom stereocenters. The molecule has 7 atom stereocenters. The van der Waals surface area contributed by atoms with Crippen molar-refractivity contribution in [3.05, 3.63) is 108 Å². The number of nitrogens with one attached hydrogen (secondary N) is 1. The first-order valence-corrected chi connectivity index (χ1v) is 18.5. The Balaban J connectivity index is 1.41. The van der Waals surface area contributed by atoms with E-state index >= 15 is 0 Å². The molecule has 2 heterocycles. The summed E-state index contributed by atoms with van der Waals surface area (Å²) in [5.41, 5.74) is 1.27. The van der Waals surface area contributed by atoms with Gasteiger partial charge in [-0.15, -0.1) is 0 Å². The summed E-state index contributed by atoms with van der Waals surface area (Å²) >= 11 is 0. The van der Waals surface area contributed by atoms with E-state index in [1.165, 1.54) is 11.8 Å². The van der Waals surface area contributed by atoms with Crippen molar-refractivity contribution >= 4 is 12.0 Å². The van der Waals surface area contributed by atoms with Crippen LogP contribution in [0.1, 0.15) is 71.1 Å². The zero-order valence-electron chi connectivity index (χ0n) is 31.8. The zero-order chi connectivity index (χ0) is 38.0. The van der Waals surface area contributed by atoms with E-state index in [4.69, 9.17) is 28.4 Å². The third kappa shape index (κ3) is 11.6. The van der Waals surface area contributed by atoms with E-state index in [-0.39, 0.29) is 32.1 Å². The number of hydrogen-bond donors (Lipinski definition) is 2. The number of rotatable bonds is 15. The fourth-order valence-corrected chi connectivity index (χ4v) is 6.92. The lowest BCUT2D eigenvalue weighted by molar-refractivity contribution is -0.234. The summed E-state index contributed by atoms with van der Waals surface area (Å²) < 4.78 is 38.1. The van der Waals surface area contributed by atoms with Crippen LogP contribution in [-0.4, -0.2) is 89.2 Å². The van der Waals surface area contributed by atoms with Gasteiger partial charge in [0.2, 0.25) is 5.91 Å². The lowest BCUT2D eigenvalue weighted by Crippen LogP contribution is -2.65. The molecule has 288 valence electrons. The molecule has 5 rings (SSSR count). The van der Waals surface area contributed by atoms with Gasteiger partial charge < -0.3 is 38.8 Å². The number of carbonyl (C=O) groups is 2. The molecular weight excluding hydrogens is 676 g/mol. The Morgan fingerprint density at radius 2 is 1.38 bits per heavy atom. The van der Waals surface area contributed by atoms with Crippen LogP contribution in [0.2, 0.25) is 0 Å². The van der Waals surface area contributed by atoms with Gasteiger partial charge in [-0.25, -0.2) is 4.79 Å². The number of amides is 2. The Hall–Kier alpha value is -3.84. The van der Waals surface area contributed by atoms with Gasteiger partial charge in [-0.3, -0.25) is 9.69 Å². The SMILES string of the molecule is CC(=O)N[C@@H]1[C@@H](OCc2ccccc2)[C@H](OCc2ccccc2)[C@@H](COCc2ccccc2)O[C@H]1CCC(O)[C@H]1COC(C)(C)N1C(=O)OC(C)(C)C. The summed E-state index contributed by atoms with van der Waals surface area (Å²) in [6.07, 6.45) is -3.41. The number of aliphatic hydroxyl groups excluding tert-OH is 1. The van der Waals surface area contributed by atoms with Crippen molar-refractivity contribution in [1.82, 2.24) is 10.2 Å². The highest BCUT2D eigenvalue weighted by Gasteiger charge is 2.50. The van der Waals surface area contributed by atoms with Gasteiger partial charge in [-0.05, 0) is 64.2 Å². The van der Waals surface area contributed by atoms with E-state index in [1.54, 1.807) is 34.6 Å².